The first-order valence-electron chi connectivity index (χ1n) is 4.21. The van der Waals surface area contributed by atoms with Crippen LogP contribution in [0.5, 0.6) is 0 Å². The van der Waals surface area contributed by atoms with Gasteiger partial charge in [-0.25, -0.2) is 0 Å². The minimum absolute atomic E-state index is 0.139. The molecule has 1 atom stereocenters. The first kappa shape index (κ1) is 9.01. The van der Waals surface area contributed by atoms with Crippen molar-refractivity contribution in [2.45, 2.75) is 39.4 Å². The van der Waals surface area contributed by atoms with E-state index < -0.39 is 0 Å². The van der Waals surface area contributed by atoms with Gasteiger partial charge in [-0.15, -0.1) is 0 Å². The van der Waals surface area contributed by atoms with E-state index in [9.17, 15) is 0 Å². The van der Waals surface area contributed by atoms with Gasteiger partial charge in [-0.1, -0.05) is 13.8 Å². The summed E-state index contributed by atoms with van der Waals surface area (Å²) in [6.45, 7) is 7.23. The van der Waals surface area contributed by atoms with Crippen LogP contribution < -0.4 is 0 Å². The topological polar surface area (TPSA) is 18.5 Å². The second kappa shape index (κ2) is 2.76. The molecule has 1 rings (SSSR count). The van der Waals surface area contributed by atoms with Crippen LogP contribution in [0, 0.1) is 5.41 Å². The summed E-state index contributed by atoms with van der Waals surface area (Å²) in [6.07, 6.45) is 2.32. The highest BCUT2D eigenvalue weighted by Crippen LogP contribution is 2.41. The van der Waals surface area contributed by atoms with Crippen molar-refractivity contribution >= 4 is 0 Å². The Morgan fingerprint density at radius 3 is 2.27 bits per heavy atom. The molecule has 0 aromatic heterocycles. The fraction of sp³-hybridized carbons (Fsp3) is 1.00. The SMILES string of the molecule is COC1(C)OCCCC1(C)C. The van der Waals surface area contributed by atoms with Gasteiger partial charge >= 0.3 is 0 Å². The Kier molecular flexibility index (Phi) is 2.26. The van der Waals surface area contributed by atoms with Crippen LogP contribution in [0.25, 0.3) is 0 Å². The normalized spacial score (nSPS) is 37.1. The third-order valence-electron chi connectivity index (χ3n) is 2.94. The Bertz CT molecular complexity index is 142. The molecular formula is C9H18O2. The van der Waals surface area contributed by atoms with Gasteiger partial charge in [0.05, 0.1) is 6.61 Å². The maximum Gasteiger partial charge on any atom is 0.170 e. The molecule has 2 nitrogen and oxygen atoms in total. The lowest BCUT2D eigenvalue weighted by molar-refractivity contribution is -0.289. The number of methoxy groups -OCH3 is 1. The van der Waals surface area contributed by atoms with E-state index >= 15 is 0 Å². The zero-order chi connectivity index (χ0) is 8.54. The monoisotopic (exact) mass is 158 g/mol. The quantitative estimate of drug-likeness (QED) is 0.582. The van der Waals surface area contributed by atoms with E-state index in [2.05, 4.69) is 13.8 Å². The summed E-state index contributed by atoms with van der Waals surface area (Å²) in [6, 6.07) is 0. The van der Waals surface area contributed by atoms with Crippen LogP contribution >= 0.6 is 0 Å². The molecule has 1 aliphatic rings. The van der Waals surface area contributed by atoms with E-state index in [0.29, 0.717) is 0 Å². The van der Waals surface area contributed by atoms with Crippen molar-refractivity contribution in [2.24, 2.45) is 5.41 Å². The predicted octanol–water partition coefficient (Wildman–Crippen LogP) is 2.19. The molecule has 1 aliphatic heterocycles. The second-order valence-corrected chi connectivity index (χ2v) is 3.99. The van der Waals surface area contributed by atoms with E-state index in [1.54, 1.807) is 7.11 Å². The molecule has 0 aromatic carbocycles. The Morgan fingerprint density at radius 1 is 1.27 bits per heavy atom. The predicted molar refractivity (Wildman–Crippen MR) is 44.4 cm³/mol. The molecule has 11 heavy (non-hydrogen) atoms. The van der Waals surface area contributed by atoms with Gasteiger partial charge in [0.25, 0.3) is 0 Å². The molecular weight excluding hydrogens is 140 g/mol. The third kappa shape index (κ3) is 1.42. The van der Waals surface area contributed by atoms with Crippen LogP contribution in [0.1, 0.15) is 33.6 Å². The molecule has 0 bridgehead atoms. The summed E-state index contributed by atoms with van der Waals surface area (Å²) < 4.78 is 11.0. The second-order valence-electron chi connectivity index (χ2n) is 3.99. The van der Waals surface area contributed by atoms with Crippen molar-refractivity contribution in [1.29, 1.82) is 0 Å². The van der Waals surface area contributed by atoms with Crippen LogP contribution in [0.2, 0.25) is 0 Å². The lowest BCUT2D eigenvalue weighted by Gasteiger charge is -2.46. The van der Waals surface area contributed by atoms with Crippen molar-refractivity contribution < 1.29 is 9.47 Å². The molecule has 0 amide bonds. The smallest absolute Gasteiger partial charge is 0.170 e. The van der Waals surface area contributed by atoms with Crippen LogP contribution in [-0.4, -0.2) is 19.5 Å². The summed E-state index contributed by atoms with van der Waals surface area (Å²) in [7, 11) is 1.72. The summed E-state index contributed by atoms with van der Waals surface area (Å²) in [5.41, 5.74) is 0.139. The zero-order valence-electron chi connectivity index (χ0n) is 7.94. The fourth-order valence-electron chi connectivity index (χ4n) is 1.54. The van der Waals surface area contributed by atoms with Crippen LogP contribution in [0.3, 0.4) is 0 Å². The van der Waals surface area contributed by atoms with E-state index in [1.807, 2.05) is 6.92 Å². The van der Waals surface area contributed by atoms with Crippen molar-refractivity contribution in [3.8, 4) is 0 Å². The minimum atomic E-state index is -0.384. The molecule has 0 aliphatic carbocycles. The van der Waals surface area contributed by atoms with Gasteiger partial charge in [-0.2, -0.15) is 0 Å². The molecule has 1 unspecified atom stereocenters. The summed E-state index contributed by atoms with van der Waals surface area (Å²) >= 11 is 0. The highest BCUT2D eigenvalue weighted by molar-refractivity contribution is 4.86. The Labute approximate surface area is 68.9 Å². The zero-order valence-corrected chi connectivity index (χ0v) is 7.94. The molecule has 0 N–H and O–H groups in total. The van der Waals surface area contributed by atoms with E-state index in [4.69, 9.17) is 9.47 Å². The molecule has 0 saturated carbocycles. The average Bonchev–Trinajstić information content (AvgIpc) is 1.95. The fourth-order valence-corrected chi connectivity index (χ4v) is 1.54. The Hall–Kier alpha value is -0.0800. The molecule has 1 heterocycles. The van der Waals surface area contributed by atoms with Crippen molar-refractivity contribution in [3.05, 3.63) is 0 Å². The number of hydrogen-bond donors (Lipinski definition) is 0. The molecule has 66 valence electrons. The summed E-state index contributed by atoms with van der Waals surface area (Å²) in [5, 5.41) is 0. The number of hydrogen-bond acceptors (Lipinski definition) is 2. The third-order valence-corrected chi connectivity index (χ3v) is 2.94. The molecule has 0 spiro atoms. The average molecular weight is 158 g/mol. The van der Waals surface area contributed by atoms with Crippen LogP contribution in [-0.2, 0) is 9.47 Å². The number of ether oxygens (including phenoxy) is 2. The molecule has 2 heteroatoms. The van der Waals surface area contributed by atoms with Gasteiger partial charge in [0.2, 0.25) is 0 Å². The van der Waals surface area contributed by atoms with E-state index in [0.717, 1.165) is 13.0 Å². The maximum atomic E-state index is 5.61. The number of rotatable bonds is 1. The van der Waals surface area contributed by atoms with Crippen molar-refractivity contribution in [2.75, 3.05) is 13.7 Å². The molecule has 0 aromatic rings. The van der Waals surface area contributed by atoms with Gasteiger partial charge in [-0.05, 0) is 19.8 Å². The van der Waals surface area contributed by atoms with Gasteiger partial charge < -0.3 is 9.47 Å². The summed E-state index contributed by atoms with van der Waals surface area (Å²) in [5.74, 6) is -0.384. The largest absolute Gasteiger partial charge is 0.353 e. The highest BCUT2D eigenvalue weighted by atomic mass is 16.7. The first-order valence-corrected chi connectivity index (χ1v) is 4.21. The van der Waals surface area contributed by atoms with Gasteiger partial charge in [-0.3, -0.25) is 0 Å². The highest BCUT2D eigenvalue weighted by Gasteiger charge is 2.44. The van der Waals surface area contributed by atoms with E-state index in [1.165, 1.54) is 6.42 Å². The van der Waals surface area contributed by atoms with Crippen molar-refractivity contribution in [1.82, 2.24) is 0 Å². The van der Waals surface area contributed by atoms with Gasteiger partial charge in [0, 0.05) is 12.5 Å². The van der Waals surface area contributed by atoms with Crippen LogP contribution in [0.15, 0.2) is 0 Å². The first-order chi connectivity index (χ1) is 5.02. The Balaban J connectivity index is 2.74. The Morgan fingerprint density at radius 2 is 1.91 bits per heavy atom. The lowest BCUT2D eigenvalue weighted by Crippen LogP contribution is -2.49. The van der Waals surface area contributed by atoms with Crippen molar-refractivity contribution in [3.63, 3.8) is 0 Å². The molecule has 1 fully saturated rings. The molecule has 0 radical (unpaired) electrons. The van der Waals surface area contributed by atoms with Gasteiger partial charge in [0.1, 0.15) is 0 Å². The summed E-state index contributed by atoms with van der Waals surface area (Å²) in [4.78, 5) is 0. The lowest BCUT2D eigenvalue weighted by atomic mass is 9.78. The molecule has 1 saturated heterocycles. The van der Waals surface area contributed by atoms with Crippen LogP contribution in [0.4, 0.5) is 0 Å². The maximum absolute atomic E-state index is 5.61. The standard InChI is InChI=1S/C9H18O2/c1-8(2)6-5-7-11-9(8,3)10-4/h5-7H2,1-4H3. The van der Waals surface area contributed by atoms with Gasteiger partial charge in [0.15, 0.2) is 5.79 Å². The minimum Gasteiger partial charge on any atom is -0.353 e. The van der Waals surface area contributed by atoms with E-state index in [-0.39, 0.29) is 11.2 Å².